The first-order chi connectivity index (χ1) is 13.1. The van der Waals surface area contributed by atoms with Crippen LogP contribution in [0.25, 0.3) is 10.2 Å². The molecule has 0 N–H and O–H groups in total. The van der Waals surface area contributed by atoms with Crippen LogP contribution in [0.5, 0.6) is 0 Å². The molecule has 3 heterocycles. The molecule has 0 amide bonds. The zero-order valence-corrected chi connectivity index (χ0v) is 16.0. The van der Waals surface area contributed by atoms with Crippen molar-refractivity contribution in [1.82, 2.24) is 14.9 Å². The summed E-state index contributed by atoms with van der Waals surface area (Å²) in [6, 6.07) is 9.12. The molecule has 1 aromatic carbocycles. The Morgan fingerprint density at radius 3 is 2.74 bits per heavy atom. The second-order valence-corrected chi connectivity index (χ2v) is 7.79. The maximum absolute atomic E-state index is 10.9. The summed E-state index contributed by atoms with van der Waals surface area (Å²) in [5, 5.41) is 12.1. The molecule has 27 heavy (non-hydrogen) atoms. The van der Waals surface area contributed by atoms with Gasteiger partial charge < -0.3 is 4.90 Å². The molecule has 0 unspecified atom stereocenters. The van der Waals surface area contributed by atoms with E-state index in [1.165, 1.54) is 10.9 Å². The highest BCUT2D eigenvalue weighted by atomic mass is 32.1. The molecule has 3 aromatic rings. The molecular formula is C19H21N5O2S. The van der Waals surface area contributed by atoms with Crippen molar-refractivity contribution in [3.63, 3.8) is 0 Å². The van der Waals surface area contributed by atoms with Crippen LogP contribution in [0.4, 0.5) is 11.5 Å². The largest absolute Gasteiger partial charge is 0.353 e. The van der Waals surface area contributed by atoms with Gasteiger partial charge in [-0.05, 0) is 18.1 Å². The first kappa shape index (κ1) is 17.8. The average molecular weight is 383 g/mol. The van der Waals surface area contributed by atoms with E-state index in [0.29, 0.717) is 0 Å². The number of aryl methyl sites for hydroxylation is 1. The number of nitro benzene ring substituents is 1. The lowest BCUT2D eigenvalue weighted by Gasteiger charge is -2.35. The number of benzene rings is 1. The lowest BCUT2D eigenvalue weighted by atomic mass is 10.1. The van der Waals surface area contributed by atoms with Gasteiger partial charge in [0.1, 0.15) is 17.0 Å². The van der Waals surface area contributed by atoms with Crippen molar-refractivity contribution in [1.29, 1.82) is 0 Å². The van der Waals surface area contributed by atoms with E-state index in [2.05, 4.69) is 32.8 Å². The number of nitrogens with zero attached hydrogens (tertiary/aromatic N) is 5. The van der Waals surface area contributed by atoms with Crippen molar-refractivity contribution in [2.45, 2.75) is 19.9 Å². The van der Waals surface area contributed by atoms with Crippen LogP contribution in [0.3, 0.4) is 0 Å². The van der Waals surface area contributed by atoms with E-state index < -0.39 is 0 Å². The van der Waals surface area contributed by atoms with E-state index >= 15 is 0 Å². The lowest BCUT2D eigenvalue weighted by molar-refractivity contribution is -0.384. The van der Waals surface area contributed by atoms with Gasteiger partial charge in [0.15, 0.2) is 0 Å². The molecule has 8 heteroatoms. The molecule has 0 atom stereocenters. The van der Waals surface area contributed by atoms with Crippen molar-refractivity contribution in [2.24, 2.45) is 0 Å². The highest BCUT2D eigenvalue weighted by Gasteiger charge is 2.21. The summed E-state index contributed by atoms with van der Waals surface area (Å²) in [5.74, 6) is 1.02. The molecule has 0 radical (unpaired) electrons. The van der Waals surface area contributed by atoms with Crippen LogP contribution in [-0.2, 0) is 13.0 Å². The van der Waals surface area contributed by atoms with Crippen LogP contribution >= 0.6 is 11.3 Å². The number of non-ortho nitro benzene ring substituents is 1. The minimum Gasteiger partial charge on any atom is -0.353 e. The Balaban J connectivity index is 1.44. The van der Waals surface area contributed by atoms with Crippen LogP contribution in [0.1, 0.15) is 17.4 Å². The summed E-state index contributed by atoms with van der Waals surface area (Å²) in [6.07, 6.45) is 2.67. The second kappa shape index (κ2) is 7.58. The number of piperazine rings is 1. The first-order valence-electron chi connectivity index (χ1n) is 9.08. The normalized spacial score (nSPS) is 15.4. The molecule has 0 aliphatic carbocycles. The summed E-state index contributed by atoms with van der Waals surface area (Å²) < 4.78 is 0. The average Bonchev–Trinajstić information content (AvgIpc) is 3.12. The minimum atomic E-state index is -0.340. The van der Waals surface area contributed by atoms with Crippen LogP contribution in [-0.4, -0.2) is 46.0 Å². The van der Waals surface area contributed by atoms with Crippen LogP contribution in [0, 0.1) is 10.1 Å². The number of thiophene rings is 1. The third-order valence-electron chi connectivity index (χ3n) is 4.91. The molecule has 0 saturated carbocycles. The summed E-state index contributed by atoms with van der Waals surface area (Å²) in [6.45, 7) is 6.46. The highest BCUT2D eigenvalue weighted by Crippen LogP contribution is 2.31. The second-order valence-electron chi connectivity index (χ2n) is 6.67. The number of hydrogen-bond donors (Lipinski definition) is 0. The Morgan fingerprint density at radius 2 is 2.00 bits per heavy atom. The van der Waals surface area contributed by atoms with Gasteiger partial charge in [0.05, 0.1) is 10.3 Å². The van der Waals surface area contributed by atoms with Gasteiger partial charge in [0, 0.05) is 49.7 Å². The Hall–Kier alpha value is -2.58. The van der Waals surface area contributed by atoms with Gasteiger partial charge >= 0.3 is 0 Å². The lowest BCUT2D eigenvalue weighted by Crippen LogP contribution is -2.46. The molecule has 2 aromatic heterocycles. The molecule has 1 fully saturated rings. The van der Waals surface area contributed by atoms with E-state index in [-0.39, 0.29) is 10.6 Å². The molecule has 4 rings (SSSR count). The first-order valence-corrected chi connectivity index (χ1v) is 9.89. The highest BCUT2D eigenvalue weighted by molar-refractivity contribution is 7.18. The summed E-state index contributed by atoms with van der Waals surface area (Å²) in [5.41, 5.74) is 1.13. The SMILES string of the molecule is CCc1cc2c(N3CCN(Cc4cccc([N+](=O)[O-])c4)CC3)ncnc2s1. The number of aromatic nitrogens is 2. The van der Waals surface area contributed by atoms with Crippen molar-refractivity contribution < 1.29 is 4.92 Å². The molecule has 140 valence electrons. The van der Waals surface area contributed by atoms with Crippen molar-refractivity contribution in [3.05, 3.63) is 57.2 Å². The maximum atomic E-state index is 10.9. The molecule has 1 aliphatic heterocycles. The Morgan fingerprint density at radius 1 is 1.19 bits per heavy atom. The fraction of sp³-hybridized carbons (Fsp3) is 0.368. The predicted octanol–water partition coefficient (Wildman–Crippen LogP) is 3.48. The smallest absolute Gasteiger partial charge is 0.269 e. The number of fused-ring (bicyclic) bond motifs is 1. The van der Waals surface area contributed by atoms with Gasteiger partial charge in [-0.3, -0.25) is 15.0 Å². The molecule has 1 aliphatic rings. The molecule has 7 nitrogen and oxygen atoms in total. The van der Waals surface area contributed by atoms with Gasteiger partial charge in [-0.25, -0.2) is 9.97 Å². The molecular weight excluding hydrogens is 362 g/mol. The van der Waals surface area contributed by atoms with E-state index in [1.807, 2.05) is 6.07 Å². The Labute approximate surface area is 161 Å². The quantitative estimate of drug-likeness (QED) is 0.496. The van der Waals surface area contributed by atoms with Gasteiger partial charge in [0.2, 0.25) is 0 Å². The monoisotopic (exact) mass is 383 g/mol. The van der Waals surface area contributed by atoms with Crippen LogP contribution < -0.4 is 4.90 Å². The van der Waals surface area contributed by atoms with Crippen LogP contribution in [0.2, 0.25) is 0 Å². The number of rotatable bonds is 5. The van der Waals surface area contributed by atoms with E-state index in [0.717, 1.165) is 60.7 Å². The number of hydrogen-bond acceptors (Lipinski definition) is 7. The van der Waals surface area contributed by atoms with Gasteiger partial charge in [0.25, 0.3) is 5.69 Å². The number of nitro groups is 1. The molecule has 0 bridgehead atoms. The maximum Gasteiger partial charge on any atom is 0.269 e. The molecule has 1 saturated heterocycles. The standard InChI is InChI=1S/C19H21N5O2S/c1-2-16-11-17-18(20-13-21-19(17)27-16)23-8-6-22(7-9-23)12-14-4-3-5-15(10-14)24(25)26/h3-5,10-11,13H,2,6-9,12H2,1H3. The van der Waals surface area contributed by atoms with Gasteiger partial charge in [-0.1, -0.05) is 19.1 Å². The fourth-order valence-electron chi connectivity index (χ4n) is 3.46. The van der Waals surface area contributed by atoms with E-state index in [1.54, 1.807) is 29.8 Å². The fourth-order valence-corrected chi connectivity index (χ4v) is 4.39. The van der Waals surface area contributed by atoms with Gasteiger partial charge in [-0.2, -0.15) is 0 Å². The Kier molecular flexibility index (Phi) is 5.00. The van der Waals surface area contributed by atoms with Gasteiger partial charge in [-0.15, -0.1) is 11.3 Å². The predicted molar refractivity (Wildman–Crippen MR) is 107 cm³/mol. The molecule has 0 spiro atoms. The third kappa shape index (κ3) is 3.77. The van der Waals surface area contributed by atoms with Crippen molar-refractivity contribution in [2.75, 3.05) is 31.1 Å². The summed E-state index contributed by atoms with van der Waals surface area (Å²) >= 11 is 1.74. The topological polar surface area (TPSA) is 75.4 Å². The van der Waals surface area contributed by atoms with Crippen molar-refractivity contribution in [3.8, 4) is 0 Å². The third-order valence-corrected chi connectivity index (χ3v) is 6.09. The zero-order valence-electron chi connectivity index (χ0n) is 15.2. The Bertz CT molecular complexity index is 966. The zero-order chi connectivity index (χ0) is 18.8. The minimum absolute atomic E-state index is 0.152. The van der Waals surface area contributed by atoms with E-state index in [4.69, 9.17) is 0 Å². The summed E-state index contributed by atoms with van der Waals surface area (Å²) in [4.78, 5) is 26.6. The van der Waals surface area contributed by atoms with Crippen molar-refractivity contribution >= 4 is 33.1 Å². The number of anilines is 1. The summed E-state index contributed by atoms with van der Waals surface area (Å²) in [7, 11) is 0. The van der Waals surface area contributed by atoms with E-state index in [9.17, 15) is 10.1 Å². The van der Waals surface area contributed by atoms with Crippen LogP contribution in [0.15, 0.2) is 36.7 Å².